The van der Waals surface area contributed by atoms with Gasteiger partial charge >= 0.3 is 5.97 Å². The van der Waals surface area contributed by atoms with Gasteiger partial charge in [-0.15, -0.1) is 11.3 Å². The Morgan fingerprint density at radius 1 is 1.19 bits per heavy atom. The number of furan rings is 1. The van der Waals surface area contributed by atoms with Crippen molar-refractivity contribution in [1.29, 1.82) is 0 Å². The van der Waals surface area contributed by atoms with Gasteiger partial charge in [-0.2, -0.15) is 0 Å². The van der Waals surface area contributed by atoms with Crippen LogP contribution in [0.2, 0.25) is 0 Å². The number of nitrogens with one attached hydrogen (secondary N) is 2. The summed E-state index contributed by atoms with van der Waals surface area (Å²) in [6.07, 6.45) is 5.81. The number of aliphatic carboxylic acids is 1. The van der Waals surface area contributed by atoms with E-state index in [9.17, 15) is 19.5 Å². The number of rotatable bonds is 6. The quantitative estimate of drug-likeness (QED) is 0.674. The summed E-state index contributed by atoms with van der Waals surface area (Å²) >= 11 is 1.22. The second-order valence-electron chi connectivity index (χ2n) is 5.91. The Bertz CT molecular complexity index is 825. The number of thiophene rings is 1. The minimum atomic E-state index is -0.989. The highest BCUT2D eigenvalue weighted by molar-refractivity contribution is 7.14. The number of anilines is 1. The van der Waals surface area contributed by atoms with Crippen LogP contribution in [0.3, 0.4) is 0 Å². The second-order valence-corrected chi connectivity index (χ2v) is 6.82. The van der Waals surface area contributed by atoms with E-state index < -0.39 is 17.8 Å². The van der Waals surface area contributed by atoms with Crippen LogP contribution in [-0.4, -0.2) is 22.9 Å². The van der Waals surface area contributed by atoms with E-state index in [1.165, 1.54) is 17.6 Å². The summed E-state index contributed by atoms with van der Waals surface area (Å²) in [6, 6.07) is 5.10. The molecule has 2 aromatic rings. The van der Waals surface area contributed by atoms with Gasteiger partial charge in [-0.1, -0.05) is 12.2 Å². The van der Waals surface area contributed by atoms with E-state index >= 15 is 0 Å². The molecule has 2 heterocycles. The summed E-state index contributed by atoms with van der Waals surface area (Å²) in [6.45, 7) is 0.240. The van der Waals surface area contributed by atoms with Crippen LogP contribution >= 0.6 is 11.3 Å². The first-order chi connectivity index (χ1) is 12.6. The highest BCUT2D eigenvalue weighted by Crippen LogP contribution is 2.29. The predicted octanol–water partition coefficient (Wildman–Crippen LogP) is 2.88. The summed E-state index contributed by atoms with van der Waals surface area (Å²) in [5.41, 5.74) is 0.341. The van der Waals surface area contributed by atoms with Crippen LogP contribution in [0.25, 0.3) is 0 Å². The molecule has 26 heavy (non-hydrogen) atoms. The van der Waals surface area contributed by atoms with E-state index in [-0.39, 0.29) is 18.4 Å². The van der Waals surface area contributed by atoms with Gasteiger partial charge in [-0.05, 0) is 36.4 Å². The maximum Gasteiger partial charge on any atom is 0.307 e. The monoisotopic (exact) mass is 374 g/mol. The zero-order valence-electron chi connectivity index (χ0n) is 13.8. The van der Waals surface area contributed by atoms with Gasteiger partial charge in [0.15, 0.2) is 0 Å². The van der Waals surface area contributed by atoms with Crippen LogP contribution < -0.4 is 10.6 Å². The highest BCUT2D eigenvalue weighted by Gasteiger charge is 2.34. The number of carbonyl (C=O) groups excluding carboxylic acids is 2. The van der Waals surface area contributed by atoms with Crippen molar-refractivity contribution in [3.05, 3.63) is 53.3 Å². The van der Waals surface area contributed by atoms with E-state index in [0.717, 1.165) is 0 Å². The molecule has 2 aromatic heterocycles. The summed E-state index contributed by atoms with van der Waals surface area (Å²) in [5.74, 6) is -2.50. The van der Waals surface area contributed by atoms with Gasteiger partial charge in [0.25, 0.3) is 5.91 Å². The SMILES string of the molecule is O=C(NCc1ccco1)c1ccsc1NC(=O)[C@H]1CC=CC[C@H]1C(=O)O. The second kappa shape index (κ2) is 8.01. The molecule has 1 aliphatic carbocycles. The first kappa shape index (κ1) is 17.9. The first-order valence-corrected chi connectivity index (χ1v) is 9.01. The average molecular weight is 374 g/mol. The summed E-state index contributed by atoms with van der Waals surface area (Å²) in [5, 5.41) is 16.9. The fraction of sp³-hybridized carbons (Fsp3) is 0.278. The van der Waals surface area contributed by atoms with Crippen LogP contribution in [0.1, 0.15) is 29.0 Å². The van der Waals surface area contributed by atoms with Crippen molar-refractivity contribution in [3.63, 3.8) is 0 Å². The Morgan fingerprint density at radius 2 is 1.96 bits per heavy atom. The minimum absolute atomic E-state index is 0.240. The molecule has 0 aromatic carbocycles. The maximum atomic E-state index is 12.6. The van der Waals surface area contributed by atoms with Crippen molar-refractivity contribution in [2.24, 2.45) is 11.8 Å². The molecular weight excluding hydrogens is 356 g/mol. The van der Waals surface area contributed by atoms with Gasteiger partial charge < -0.3 is 20.2 Å². The van der Waals surface area contributed by atoms with Gasteiger partial charge in [0.2, 0.25) is 5.91 Å². The standard InChI is InChI=1S/C18H18N2O5S/c21-15(19-10-11-4-3-8-25-11)14-7-9-26-17(14)20-16(22)12-5-1-2-6-13(12)18(23)24/h1-4,7-9,12-13H,5-6,10H2,(H,19,21)(H,20,22)(H,23,24)/t12-,13+/m0/s1. The molecule has 0 saturated heterocycles. The molecule has 1 aliphatic rings. The molecule has 3 rings (SSSR count). The first-order valence-electron chi connectivity index (χ1n) is 8.13. The van der Waals surface area contributed by atoms with E-state index in [1.807, 2.05) is 6.08 Å². The molecular formula is C18H18N2O5S. The van der Waals surface area contributed by atoms with Crippen molar-refractivity contribution in [2.45, 2.75) is 19.4 Å². The van der Waals surface area contributed by atoms with E-state index in [4.69, 9.17) is 4.42 Å². The van der Waals surface area contributed by atoms with Crippen molar-refractivity contribution in [3.8, 4) is 0 Å². The lowest BCUT2D eigenvalue weighted by Crippen LogP contribution is -2.35. The molecule has 0 fully saturated rings. The zero-order chi connectivity index (χ0) is 18.5. The maximum absolute atomic E-state index is 12.6. The molecule has 0 bridgehead atoms. The third kappa shape index (κ3) is 4.02. The molecule has 2 amide bonds. The molecule has 7 nitrogen and oxygen atoms in total. The van der Waals surface area contributed by atoms with Crippen molar-refractivity contribution in [1.82, 2.24) is 5.32 Å². The molecule has 0 aliphatic heterocycles. The largest absolute Gasteiger partial charge is 0.481 e. The third-order valence-electron chi connectivity index (χ3n) is 4.24. The Balaban J connectivity index is 1.66. The van der Waals surface area contributed by atoms with Crippen LogP contribution in [-0.2, 0) is 16.1 Å². The number of hydrogen-bond donors (Lipinski definition) is 3. The van der Waals surface area contributed by atoms with E-state index in [1.54, 1.807) is 29.7 Å². The topological polar surface area (TPSA) is 109 Å². The molecule has 0 spiro atoms. The Labute approximate surface area is 153 Å². The Morgan fingerprint density at radius 3 is 2.65 bits per heavy atom. The number of allylic oxidation sites excluding steroid dienone is 2. The van der Waals surface area contributed by atoms with Crippen molar-refractivity contribution < 1.29 is 23.9 Å². The average Bonchev–Trinajstić information content (AvgIpc) is 3.31. The number of hydrogen-bond acceptors (Lipinski definition) is 5. The predicted molar refractivity (Wildman–Crippen MR) is 95.8 cm³/mol. The van der Waals surface area contributed by atoms with Crippen molar-refractivity contribution >= 4 is 34.1 Å². The van der Waals surface area contributed by atoms with Crippen LogP contribution in [0.15, 0.2) is 46.4 Å². The normalized spacial score (nSPS) is 19.1. The summed E-state index contributed by atoms with van der Waals surface area (Å²) in [4.78, 5) is 36.3. The lowest BCUT2D eigenvalue weighted by Gasteiger charge is -2.24. The lowest BCUT2D eigenvalue weighted by molar-refractivity contribution is -0.146. The van der Waals surface area contributed by atoms with Crippen LogP contribution in [0.5, 0.6) is 0 Å². The Kier molecular flexibility index (Phi) is 5.52. The molecule has 8 heteroatoms. The molecule has 0 radical (unpaired) electrons. The fourth-order valence-electron chi connectivity index (χ4n) is 2.84. The Hall–Kier alpha value is -2.87. The van der Waals surface area contributed by atoms with Crippen molar-refractivity contribution in [2.75, 3.05) is 5.32 Å². The van der Waals surface area contributed by atoms with Gasteiger partial charge in [0.1, 0.15) is 10.8 Å². The van der Waals surface area contributed by atoms with Crippen LogP contribution in [0, 0.1) is 11.8 Å². The summed E-state index contributed by atoms with van der Waals surface area (Å²) < 4.78 is 5.17. The van der Waals surface area contributed by atoms with Gasteiger partial charge in [-0.25, -0.2) is 0 Å². The van der Waals surface area contributed by atoms with Gasteiger partial charge in [0.05, 0.1) is 30.2 Å². The van der Waals surface area contributed by atoms with Crippen LogP contribution in [0.4, 0.5) is 5.00 Å². The molecule has 3 N–H and O–H groups in total. The zero-order valence-corrected chi connectivity index (χ0v) is 14.6. The molecule has 0 unspecified atom stereocenters. The molecule has 2 atom stereocenters. The third-order valence-corrected chi connectivity index (χ3v) is 5.07. The smallest absolute Gasteiger partial charge is 0.307 e. The van der Waals surface area contributed by atoms with E-state index in [0.29, 0.717) is 29.2 Å². The van der Waals surface area contributed by atoms with Gasteiger partial charge in [-0.3, -0.25) is 14.4 Å². The number of carbonyl (C=O) groups is 3. The van der Waals surface area contributed by atoms with E-state index in [2.05, 4.69) is 10.6 Å². The fourth-order valence-corrected chi connectivity index (χ4v) is 3.63. The van der Waals surface area contributed by atoms with Gasteiger partial charge in [0, 0.05) is 0 Å². The minimum Gasteiger partial charge on any atom is -0.481 e. The molecule has 136 valence electrons. The highest BCUT2D eigenvalue weighted by atomic mass is 32.1. The number of carboxylic acid groups (broad SMARTS) is 1. The number of carboxylic acids is 1. The number of amides is 2. The lowest BCUT2D eigenvalue weighted by atomic mass is 9.82. The molecule has 0 saturated carbocycles. The summed E-state index contributed by atoms with van der Waals surface area (Å²) in [7, 11) is 0.